The summed E-state index contributed by atoms with van der Waals surface area (Å²) in [6.07, 6.45) is 1.67. The van der Waals surface area contributed by atoms with Gasteiger partial charge in [-0.1, -0.05) is 0 Å². The van der Waals surface area contributed by atoms with Crippen molar-refractivity contribution < 1.29 is 14.2 Å². The van der Waals surface area contributed by atoms with Gasteiger partial charge in [0.2, 0.25) is 5.75 Å². The van der Waals surface area contributed by atoms with Crippen LogP contribution in [0.3, 0.4) is 0 Å². The highest BCUT2D eigenvalue weighted by atomic mass is 16.5. The Kier molecular flexibility index (Phi) is 2.85. The minimum absolute atomic E-state index is 0.582. The van der Waals surface area contributed by atoms with Gasteiger partial charge in [-0.15, -0.1) is 10.2 Å². The molecule has 3 aromatic rings. The first-order chi connectivity index (χ1) is 9.71. The topological polar surface area (TPSA) is 57.9 Å². The van der Waals surface area contributed by atoms with Gasteiger partial charge in [0.25, 0.3) is 0 Å². The summed E-state index contributed by atoms with van der Waals surface area (Å²) in [5.41, 5.74) is 2.74. The van der Waals surface area contributed by atoms with E-state index in [0.717, 1.165) is 22.1 Å². The molecule has 0 aliphatic heterocycles. The number of nitrogens with zero attached hydrogens (tertiary/aromatic N) is 3. The van der Waals surface area contributed by atoms with E-state index in [1.54, 1.807) is 27.7 Å². The Morgan fingerprint density at radius 1 is 1.00 bits per heavy atom. The number of hydrogen-bond donors (Lipinski definition) is 0. The molecular weight excluding hydrogens is 258 g/mol. The Morgan fingerprint density at radius 2 is 1.75 bits per heavy atom. The molecule has 0 aliphatic carbocycles. The number of rotatable bonds is 3. The zero-order valence-corrected chi connectivity index (χ0v) is 11.8. The SMILES string of the molecule is COc1cc2c(c(C)cc3nncn32)c(OC)c1OC. The highest BCUT2D eigenvalue weighted by Gasteiger charge is 2.19. The Labute approximate surface area is 115 Å². The van der Waals surface area contributed by atoms with Crippen LogP contribution in [0.5, 0.6) is 17.2 Å². The summed E-state index contributed by atoms with van der Waals surface area (Å²) in [6, 6.07) is 3.86. The second-order valence-corrected chi connectivity index (χ2v) is 4.43. The second-order valence-electron chi connectivity index (χ2n) is 4.43. The lowest BCUT2D eigenvalue weighted by Gasteiger charge is -2.16. The number of hydrogen-bond acceptors (Lipinski definition) is 5. The fourth-order valence-corrected chi connectivity index (χ4v) is 2.51. The minimum Gasteiger partial charge on any atom is -0.493 e. The molecule has 3 rings (SSSR count). The fraction of sp³-hybridized carbons (Fsp3) is 0.286. The van der Waals surface area contributed by atoms with Crippen LogP contribution >= 0.6 is 0 Å². The first-order valence-electron chi connectivity index (χ1n) is 6.13. The molecule has 2 heterocycles. The van der Waals surface area contributed by atoms with Gasteiger partial charge in [0.1, 0.15) is 6.33 Å². The molecule has 0 fully saturated rings. The molecule has 0 saturated carbocycles. The zero-order valence-electron chi connectivity index (χ0n) is 11.8. The maximum absolute atomic E-state index is 5.54. The summed E-state index contributed by atoms with van der Waals surface area (Å²) in [5.74, 6) is 1.84. The van der Waals surface area contributed by atoms with Crippen molar-refractivity contribution in [3.8, 4) is 17.2 Å². The third kappa shape index (κ3) is 1.57. The van der Waals surface area contributed by atoms with E-state index < -0.39 is 0 Å². The summed E-state index contributed by atoms with van der Waals surface area (Å²) in [5, 5.41) is 8.99. The molecule has 6 nitrogen and oxygen atoms in total. The van der Waals surface area contributed by atoms with Crippen LogP contribution in [0.2, 0.25) is 0 Å². The number of aryl methyl sites for hydroxylation is 1. The van der Waals surface area contributed by atoms with E-state index >= 15 is 0 Å². The monoisotopic (exact) mass is 273 g/mol. The van der Waals surface area contributed by atoms with E-state index in [1.165, 1.54) is 0 Å². The molecule has 6 heteroatoms. The molecule has 104 valence electrons. The highest BCUT2D eigenvalue weighted by Crippen LogP contribution is 2.44. The summed E-state index contributed by atoms with van der Waals surface area (Å²) < 4.78 is 18.3. The average molecular weight is 273 g/mol. The third-order valence-corrected chi connectivity index (χ3v) is 3.38. The summed E-state index contributed by atoms with van der Waals surface area (Å²) in [7, 11) is 4.81. The summed E-state index contributed by atoms with van der Waals surface area (Å²) in [4.78, 5) is 0. The van der Waals surface area contributed by atoms with Gasteiger partial charge >= 0.3 is 0 Å². The van der Waals surface area contributed by atoms with E-state index in [4.69, 9.17) is 14.2 Å². The normalized spacial score (nSPS) is 11.0. The maximum Gasteiger partial charge on any atom is 0.204 e. The van der Waals surface area contributed by atoms with Gasteiger partial charge in [0.05, 0.1) is 26.8 Å². The van der Waals surface area contributed by atoms with E-state index in [-0.39, 0.29) is 0 Å². The second kappa shape index (κ2) is 4.56. The highest BCUT2D eigenvalue weighted by molar-refractivity contribution is 5.95. The van der Waals surface area contributed by atoms with Crippen LogP contribution in [0.4, 0.5) is 0 Å². The van der Waals surface area contributed by atoms with Crippen molar-refractivity contribution >= 4 is 16.6 Å². The van der Waals surface area contributed by atoms with Crippen LogP contribution in [0.25, 0.3) is 16.6 Å². The van der Waals surface area contributed by atoms with E-state index in [0.29, 0.717) is 17.2 Å². The molecule has 0 N–H and O–H groups in total. The van der Waals surface area contributed by atoms with Gasteiger partial charge in [0.15, 0.2) is 17.1 Å². The maximum atomic E-state index is 5.54. The van der Waals surface area contributed by atoms with E-state index in [2.05, 4.69) is 10.2 Å². The van der Waals surface area contributed by atoms with E-state index in [9.17, 15) is 0 Å². The van der Waals surface area contributed by atoms with Gasteiger partial charge in [-0.3, -0.25) is 4.40 Å². The zero-order chi connectivity index (χ0) is 14.3. The molecule has 0 saturated heterocycles. The van der Waals surface area contributed by atoms with Crippen LogP contribution in [0.15, 0.2) is 18.5 Å². The van der Waals surface area contributed by atoms with Crippen molar-refractivity contribution in [2.24, 2.45) is 0 Å². The number of aromatic nitrogens is 3. The van der Waals surface area contributed by atoms with E-state index in [1.807, 2.05) is 23.5 Å². The van der Waals surface area contributed by atoms with Crippen molar-refractivity contribution in [1.82, 2.24) is 14.6 Å². The Hall–Kier alpha value is -2.50. The molecule has 0 bridgehead atoms. The molecule has 0 spiro atoms. The quantitative estimate of drug-likeness (QED) is 0.732. The smallest absolute Gasteiger partial charge is 0.204 e. The molecule has 0 unspecified atom stereocenters. The number of fused-ring (bicyclic) bond motifs is 3. The predicted molar refractivity (Wildman–Crippen MR) is 74.9 cm³/mol. The largest absolute Gasteiger partial charge is 0.493 e. The lowest BCUT2D eigenvalue weighted by atomic mass is 10.1. The van der Waals surface area contributed by atoms with Gasteiger partial charge in [0, 0.05) is 11.5 Å². The van der Waals surface area contributed by atoms with Crippen LogP contribution in [0, 0.1) is 6.92 Å². The molecular formula is C14H15N3O3. The van der Waals surface area contributed by atoms with Crippen molar-refractivity contribution in [3.63, 3.8) is 0 Å². The van der Waals surface area contributed by atoms with Gasteiger partial charge in [-0.25, -0.2) is 0 Å². The molecule has 1 aromatic carbocycles. The molecule has 2 aromatic heterocycles. The van der Waals surface area contributed by atoms with Gasteiger partial charge in [-0.05, 0) is 18.6 Å². The molecule has 0 atom stereocenters. The first-order valence-corrected chi connectivity index (χ1v) is 6.13. The van der Waals surface area contributed by atoms with Crippen LogP contribution in [-0.2, 0) is 0 Å². The van der Waals surface area contributed by atoms with Crippen LogP contribution in [0.1, 0.15) is 5.56 Å². The van der Waals surface area contributed by atoms with Gasteiger partial charge in [-0.2, -0.15) is 0 Å². The first kappa shape index (κ1) is 12.5. The molecule has 20 heavy (non-hydrogen) atoms. The summed E-state index contributed by atoms with van der Waals surface area (Å²) >= 11 is 0. The predicted octanol–water partition coefficient (Wildman–Crippen LogP) is 2.22. The Balaban J connectivity index is 2.56. The Morgan fingerprint density at radius 3 is 2.40 bits per heavy atom. The number of pyridine rings is 1. The van der Waals surface area contributed by atoms with Crippen molar-refractivity contribution in [3.05, 3.63) is 24.0 Å². The lowest BCUT2D eigenvalue weighted by molar-refractivity contribution is 0.327. The van der Waals surface area contributed by atoms with Crippen LogP contribution < -0.4 is 14.2 Å². The lowest BCUT2D eigenvalue weighted by Crippen LogP contribution is -1.99. The molecule has 0 aliphatic rings. The number of ether oxygens (including phenoxy) is 3. The standard InChI is InChI=1S/C14H15N3O3/c1-8-5-11-16-15-7-17(11)9-6-10(18-2)13(19-3)14(20-4)12(8)9/h5-7H,1-4H3. The third-order valence-electron chi connectivity index (χ3n) is 3.38. The number of methoxy groups -OCH3 is 3. The van der Waals surface area contributed by atoms with Gasteiger partial charge < -0.3 is 14.2 Å². The van der Waals surface area contributed by atoms with Crippen molar-refractivity contribution in [1.29, 1.82) is 0 Å². The molecule has 0 radical (unpaired) electrons. The average Bonchev–Trinajstić information content (AvgIpc) is 2.93. The fourth-order valence-electron chi connectivity index (χ4n) is 2.51. The van der Waals surface area contributed by atoms with Crippen molar-refractivity contribution in [2.75, 3.05) is 21.3 Å². The minimum atomic E-state index is 0.582. The Bertz CT molecular complexity index is 795. The van der Waals surface area contributed by atoms with Crippen LogP contribution in [-0.4, -0.2) is 35.9 Å². The molecule has 0 amide bonds. The number of benzene rings is 1. The van der Waals surface area contributed by atoms with Crippen molar-refractivity contribution in [2.45, 2.75) is 6.92 Å². The summed E-state index contributed by atoms with van der Waals surface area (Å²) in [6.45, 7) is 2.01.